The lowest BCUT2D eigenvalue weighted by Crippen LogP contribution is -2.33. The summed E-state index contributed by atoms with van der Waals surface area (Å²) in [5.41, 5.74) is 4.83. The molecule has 0 unspecified atom stereocenters. The van der Waals surface area contributed by atoms with Crippen LogP contribution in [0.4, 0.5) is 11.4 Å². The van der Waals surface area contributed by atoms with E-state index in [1.54, 1.807) is 12.4 Å². The first-order valence-electron chi connectivity index (χ1n) is 10.7. The third-order valence-electron chi connectivity index (χ3n) is 6.05. The topological polar surface area (TPSA) is 103 Å². The van der Waals surface area contributed by atoms with Gasteiger partial charge in [-0.15, -0.1) is 0 Å². The third-order valence-corrected chi connectivity index (χ3v) is 6.05. The van der Waals surface area contributed by atoms with Crippen molar-refractivity contribution in [1.82, 2.24) is 15.2 Å². The number of fused-ring (bicyclic) bond motifs is 2. The number of carbonyl (C=O) groups is 1. The SMILES string of the molecule is O=C(NCCN1CCCC1)c1oc2cnccc2c1Nc1ccc2c(c1)CCC2=NO. The molecule has 0 radical (unpaired) electrons. The minimum absolute atomic E-state index is 0.242. The van der Waals surface area contributed by atoms with Crippen LogP contribution in [0.1, 0.15) is 40.9 Å². The van der Waals surface area contributed by atoms with Crippen molar-refractivity contribution in [3.05, 3.63) is 53.5 Å². The van der Waals surface area contributed by atoms with Crippen LogP contribution in [0, 0.1) is 0 Å². The van der Waals surface area contributed by atoms with Gasteiger partial charge in [-0.25, -0.2) is 0 Å². The number of hydrogen-bond acceptors (Lipinski definition) is 7. The molecular formula is C23H25N5O3. The highest BCUT2D eigenvalue weighted by molar-refractivity contribution is 6.07. The molecule has 1 aliphatic heterocycles. The number of aryl methyl sites for hydroxylation is 1. The number of pyridine rings is 1. The van der Waals surface area contributed by atoms with Gasteiger partial charge in [0.05, 0.1) is 17.6 Å². The minimum Gasteiger partial charge on any atom is -0.447 e. The Hall–Kier alpha value is -3.39. The quantitative estimate of drug-likeness (QED) is 0.417. The van der Waals surface area contributed by atoms with Gasteiger partial charge in [-0.2, -0.15) is 0 Å². The van der Waals surface area contributed by atoms with Gasteiger partial charge in [-0.1, -0.05) is 11.2 Å². The van der Waals surface area contributed by atoms with Gasteiger partial charge in [0, 0.05) is 35.9 Å². The van der Waals surface area contributed by atoms with Crippen molar-refractivity contribution in [3.8, 4) is 0 Å². The number of likely N-dealkylation sites (tertiary alicyclic amines) is 1. The molecule has 1 fully saturated rings. The second-order valence-electron chi connectivity index (χ2n) is 8.03. The molecule has 0 bridgehead atoms. The second kappa shape index (κ2) is 8.39. The van der Waals surface area contributed by atoms with Crippen molar-refractivity contribution in [2.75, 3.05) is 31.5 Å². The Bertz CT molecular complexity index is 1150. The van der Waals surface area contributed by atoms with Crippen LogP contribution >= 0.6 is 0 Å². The van der Waals surface area contributed by atoms with E-state index in [9.17, 15) is 4.79 Å². The number of amides is 1. The molecule has 3 aromatic rings. The number of nitrogens with zero attached hydrogens (tertiary/aromatic N) is 3. The van der Waals surface area contributed by atoms with Crippen molar-refractivity contribution in [2.45, 2.75) is 25.7 Å². The number of furan rings is 1. The standard InChI is InChI=1S/C23H25N5O3/c29-23(25-9-12-28-10-1-2-11-28)22-21(18-7-8-24-14-20(18)31-22)26-16-4-5-17-15(13-16)3-6-19(17)27-30/h4-5,7-8,13-14,26,30H,1-3,6,9-12H2,(H,25,29). The zero-order valence-corrected chi connectivity index (χ0v) is 17.2. The summed E-state index contributed by atoms with van der Waals surface area (Å²) in [5, 5.41) is 19.7. The Morgan fingerprint density at radius 1 is 1.23 bits per heavy atom. The molecule has 2 aromatic heterocycles. The molecule has 2 aliphatic rings. The number of carbonyl (C=O) groups excluding carboxylic acids is 1. The van der Waals surface area contributed by atoms with Crippen LogP contribution < -0.4 is 10.6 Å². The molecule has 31 heavy (non-hydrogen) atoms. The summed E-state index contributed by atoms with van der Waals surface area (Å²) in [4.78, 5) is 19.4. The van der Waals surface area contributed by atoms with Gasteiger partial charge in [0.2, 0.25) is 5.76 Å². The molecule has 0 atom stereocenters. The number of rotatable bonds is 6. The Morgan fingerprint density at radius 2 is 2.10 bits per heavy atom. The number of oxime groups is 1. The van der Waals surface area contributed by atoms with E-state index in [-0.39, 0.29) is 11.7 Å². The highest BCUT2D eigenvalue weighted by atomic mass is 16.4. The summed E-state index contributed by atoms with van der Waals surface area (Å²) in [6.45, 7) is 3.62. The number of anilines is 2. The zero-order chi connectivity index (χ0) is 21.2. The van der Waals surface area contributed by atoms with Crippen LogP contribution in [-0.2, 0) is 6.42 Å². The summed E-state index contributed by atoms with van der Waals surface area (Å²) >= 11 is 0. The molecule has 1 aliphatic carbocycles. The highest BCUT2D eigenvalue weighted by Gasteiger charge is 2.23. The normalized spacial score (nSPS) is 17.4. The van der Waals surface area contributed by atoms with Crippen LogP contribution in [0.5, 0.6) is 0 Å². The van der Waals surface area contributed by atoms with Gasteiger partial charge in [0.1, 0.15) is 0 Å². The lowest BCUT2D eigenvalue weighted by Gasteiger charge is -2.14. The fourth-order valence-electron chi connectivity index (χ4n) is 4.44. The summed E-state index contributed by atoms with van der Waals surface area (Å²) in [6.07, 6.45) is 7.30. The smallest absolute Gasteiger partial charge is 0.289 e. The molecule has 3 heterocycles. The predicted molar refractivity (Wildman–Crippen MR) is 118 cm³/mol. The van der Waals surface area contributed by atoms with E-state index in [0.29, 0.717) is 23.5 Å². The zero-order valence-electron chi connectivity index (χ0n) is 17.2. The molecule has 160 valence electrons. The van der Waals surface area contributed by atoms with Crippen LogP contribution in [0.25, 0.3) is 11.0 Å². The number of hydrogen-bond donors (Lipinski definition) is 3. The van der Waals surface area contributed by atoms with Gasteiger partial charge in [-0.05, 0) is 62.5 Å². The van der Waals surface area contributed by atoms with Crippen LogP contribution in [-0.4, -0.2) is 52.9 Å². The molecule has 1 saturated heterocycles. The molecule has 5 rings (SSSR count). The fourth-order valence-corrected chi connectivity index (χ4v) is 4.44. The van der Waals surface area contributed by atoms with Crippen molar-refractivity contribution in [3.63, 3.8) is 0 Å². The molecule has 1 amide bonds. The van der Waals surface area contributed by atoms with E-state index in [1.807, 2.05) is 24.3 Å². The maximum Gasteiger partial charge on any atom is 0.289 e. The molecule has 3 N–H and O–H groups in total. The van der Waals surface area contributed by atoms with Crippen molar-refractivity contribution in [1.29, 1.82) is 0 Å². The first-order chi connectivity index (χ1) is 15.2. The summed E-state index contributed by atoms with van der Waals surface area (Å²) in [7, 11) is 0. The maximum atomic E-state index is 12.9. The summed E-state index contributed by atoms with van der Waals surface area (Å²) in [6, 6.07) is 7.73. The molecular weight excluding hydrogens is 394 g/mol. The number of nitrogens with one attached hydrogen (secondary N) is 2. The van der Waals surface area contributed by atoms with E-state index in [1.165, 1.54) is 12.8 Å². The second-order valence-corrected chi connectivity index (χ2v) is 8.03. The molecule has 1 aromatic carbocycles. The van der Waals surface area contributed by atoms with E-state index < -0.39 is 0 Å². The molecule has 8 nitrogen and oxygen atoms in total. The van der Waals surface area contributed by atoms with Crippen molar-refractivity contribution in [2.24, 2.45) is 5.16 Å². The third kappa shape index (κ3) is 3.86. The van der Waals surface area contributed by atoms with Crippen LogP contribution in [0.2, 0.25) is 0 Å². The molecule has 0 saturated carbocycles. The Morgan fingerprint density at radius 3 is 2.94 bits per heavy atom. The van der Waals surface area contributed by atoms with E-state index in [0.717, 1.165) is 54.7 Å². The molecule has 0 spiro atoms. The summed E-state index contributed by atoms with van der Waals surface area (Å²) < 4.78 is 5.88. The van der Waals surface area contributed by atoms with E-state index in [2.05, 4.69) is 25.7 Å². The largest absolute Gasteiger partial charge is 0.447 e. The van der Waals surface area contributed by atoms with Gasteiger partial charge in [-0.3, -0.25) is 9.78 Å². The lowest BCUT2D eigenvalue weighted by atomic mass is 10.1. The van der Waals surface area contributed by atoms with Gasteiger partial charge in [0.25, 0.3) is 5.91 Å². The predicted octanol–water partition coefficient (Wildman–Crippen LogP) is 3.52. The molecule has 8 heteroatoms. The van der Waals surface area contributed by atoms with Crippen LogP contribution in [0.3, 0.4) is 0 Å². The Balaban J connectivity index is 1.39. The van der Waals surface area contributed by atoms with E-state index >= 15 is 0 Å². The highest BCUT2D eigenvalue weighted by Crippen LogP contribution is 2.34. The van der Waals surface area contributed by atoms with Gasteiger partial charge in [0.15, 0.2) is 5.58 Å². The number of aromatic nitrogens is 1. The average molecular weight is 419 g/mol. The van der Waals surface area contributed by atoms with Gasteiger partial charge < -0.3 is 25.2 Å². The van der Waals surface area contributed by atoms with Crippen molar-refractivity contribution >= 4 is 34.0 Å². The summed E-state index contributed by atoms with van der Waals surface area (Å²) in [5.74, 6) is 0.0105. The monoisotopic (exact) mass is 419 g/mol. The lowest BCUT2D eigenvalue weighted by molar-refractivity contribution is 0.0925. The first-order valence-corrected chi connectivity index (χ1v) is 10.7. The fraction of sp³-hybridized carbons (Fsp3) is 0.348. The Kier molecular flexibility index (Phi) is 5.30. The Labute approximate surface area is 179 Å². The first kappa shape index (κ1) is 19.6. The average Bonchev–Trinajstić information content (AvgIpc) is 3.52. The van der Waals surface area contributed by atoms with E-state index in [4.69, 9.17) is 9.62 Å². The maximum absolute atomic E-state index is 12.9. The van der Waals surface area contributed by atoms with Crippen molar-refractivity contribution < 1.29 is 14.4 Å². The van der Waals surface area contributed by atoms with Gasteiger partial charge >= 0.3 is 0 Å². The minimum atomic E-state index is -0.242. The van der Waals surface area contributed by atoms with Crippen LogP contribution in [0.15, 0.2) is 46.2 Å². The number of benzene rings is 1.